The van der Waals surface area contributed by atoms with Gasteiger partial charge in [-0.25, -0.2) is 0 Å². The zero-order valence-electron chi connectivity index (χ0n) is 10.7. The summed E-state index contributed by atoms with van der Waals surface area (Å²) >= 11 is 1.41. The average molecular weight is 275 g/mol. The third kappa shape index (κ3) is 3.91. The Kier molecular flexibility index (Phi) is 4.71. The highest BCUT2D eigenvalue weighted by Crippen LogP contribution is 2.18. The Bertz CT molecular complexity index is 510. The molecule has 1 amide bonds. The van der Waals surface area contributed by atoms with Crippen molar-refractivity contribution in [2.24, 2.45) is 0 Å². The summed E-state index contributed by atoms with van der Waals surface area (Å²) in [7, 11) is 0. The smallest absolute Gasteiger partial charge is 0.261 e. The monoisotopic (exact) mass is 275 g/mol. The first-order valence-electron chi connectivity index (χ1n) is 6.24. The van der Waals surface area contributed by atoms with Crippen LogP contribution in [0.3, 0.4) is 0 Å². The highest BCUT2D eigenvalue weighted by Gasteiger charge is 2.15. The van der Waals surface area contributed by atoms with Crippen molar-refractivity contribution in [2.45, 2.75) is 25.5 Å². The highest BCUT2D eigenvalue weighted by molar-refractivity contribution is 7.12. The van der Waals surface area contributed by atoms with E-state index in [4.69, 9.17) is 0 Å². The van der Waals surface area contributed by atoms with Crippen molar-refractivity contribution in [3.05, 3.63) is 58.3 Å². The van der Waals surface area contributed by atoms with Crippen LogP contribution >= 0.6 is 11.3 Å². The van der Waals surface area contributed by atoms with Crippen molar-refractivity contribution in [3.63, 3.8) is 0 Å². The van der Waals surface area contributed by atoms with Gasteiger partial charge in [0.1, 0.15) is 0 Å². The number of carbonyl (C=O) groups excluding carboxylic acids is 1. The molecular formula is C15H17NO2S. The summed E-state index contributed by atoms with van der Waals surface area (Å²) in [6.45, 7) is 1.90. The van der Waals surface area contributed by atoms with Gasteiger partial charge >= 0.3 is 0 Å². The molecule has 2 atom stereocenters. The van der Waals surface area contributed by atoms with E-state index in [-0.39, 0.29) is 11.9 Å². The number of hydrogen-bond donors (Lipinski definition) is 2. The third-order valence-electron chi connectivity index (χ3n) is 2.88. The lowest BCUT2D eigenvalue weighted by atomic mass is 10.0. The van der Waals surface area contributed by atoms with Crippen LogP contribution in [0.25, 0.3) is 0 Å². The van der Waals surface area contributed by atoms with E-state index in [1.54, 1.807) is 6.07 Å². The van der Waals surface area contributed by atoms with Crippen molar-refractivity contribution in [1.29, 1.82) is 0 Å². The van der Waals surface area contributed by atoms with E-state index in [1.807, 2.05) is 48.7 Å². The summed E-state index contributed by atoms with van der Waals surface area (Å²) in [5, 5.41) is 14.9. The predicted octanol–water partition coefficient (Wildman–Crippen LogP) is 2.99. The van der Waals surface area contributed by atoms with Crippen molar-refractivity contribution in [1.82, 2.24) is 5.32 Å². The van der Waals surface area contributed by atoms with Crippen LogP contribution in [0, 0.1) is 0 Å². The molecule has 0 radical (unpaired) electrons. The van der Waals surface area contributed by atoms with Gasteiger partial charge in [0.15, 0.2) is 0 Å². The molecule has 1 aromatic carbocycles. The fourth-order valence-electron chi connectivity index (χ4n) is 1.91. The van der Waals surface area contributed by atoms with Crippen LogP contribution in [0.5, 0.6) is 0 Å². The van der Waals surface area contributed by atoms with Gasteiger partial charge in [-0.05, 0) is 30.4 Å². The first-order valence-corrected chi connectivity index (χ1v) is 7.12. The largest absolute Gasteiger partial charge is 0.388 e. The van der Waals surface area contributed by atoms with Crippen molar-refractivity contribution in [3.8, 4) is 0 Å². The number of rotatable bonds is 5. The maximum Gasteiger partial charge on any atom is 0.261 e. The number of benzene rings is 1. The second kappa shape index (κ2) is 6.50. The van der Waals surface area contributed by atoms with Gasteiger partial charge in [-0.3, -0.25) is 4.79 Å². The molecule has 0 saturated carbocycles. The normalized spacial score (nSPS) is 13.8. The van der Waals surface area contributed by atoms with Gasteiger partial charge in [-0.15, -0.1) is 11.3 Å². The lowest BCUT2D eigenvalue weighted by molar-refractivity contribution is 0.0921. The Morgan fingerprint density at radius 2 is 2.00 bits per heavy atom. The summed E-state index contributed by atoms with van der Waals surface area (Å²) in [4.78, 5) is 12.5. The zero-order chi connectivity index (χ0) is 13.7. The summed E-state index contributed by atoms with van der Waals surface area (Å²) < 4.78 is 0. The van der Waals surface area contributed by atoms with E-state index < -0.39 is 6.10 Å². The van der Waals surface area contributed by atoms with Crippen LogP contribution in [-0.2, 0) is 0 Å². The molecule has 4 heteroatoms. The average Bonchev–Trinajstić information content (AvgIpc) is 2.93. The van der Waals surface area contributed by atoms with Gasteiger partial charge in [0.25, 0.3) is 5.91 Å². The predicted molar refractivity (Wildman–Crippen MR) is 77.3 cm³/mol. The quantitative estimate of drug-likeness (QED) is 0.881. The summed E-state index contributed by atoms with van der Waals surface area (Å²) in [6, 6.07) is 13.0. The molecule has 1 heterocycles. The lowest BCUT2D eigenvalue weighted by Gasteiger charge is -2.17. The van der Waals surface area contributed by atoms with Crippen molar-refractivity contribution in [2.75, 3.05) is 0 Å². The molecule has 2 unspecified atom stereocenters. The minimum atomic E-state index is -0.556. The number of aliphatic hydroxyl groups excluding tert-OH is 1. The second-order valence-corrected chi connectivity index (χ2v) is 5.46. The fourth-order valence-corrected chi connectivity index (χ4v) is 2.53. The first kappa shape index (κ1) is 13.8. The molecule has 0 aliphatic rings. The Labute approximate surface area is 116 Å². The molecule has 0 saturated heterocycles. The number of amides is 1. The number of nitrogens with one attached hydrogen (secondary N) is 1. The molecule has 3 nitrogen and oxygen atoms in total. The molecule has 0 aliphatic heterocycles. The molecule has 100 valence electrons. The van der Waals surface area contributed by atoms with Crippen LogP contribution in [0.1, 0.15) is 34.7 Å². The zero-order valence-corrected chi connectivity index (χ0v) is 11.6. The van der Waals surface area contributed by atoms with Gasteiger partial charge in [0.2, 0.25) is 0 Å². The van der Waals surface area contributed by atoms with Crippen LogP contribution in [-0.4, -0.2) is 17.1 Å². The SMILES string of the molecule is CC(CC(O)c1ccccc1)NC(=O)c1cccs1. The number of carbonyl (C=O) groups is 1. The highest BCUT2D eigenvalue weighted by atomic mass is 32.1. The number of thiophene rings is 1. The second-order valence-electron chi connectivity index (χ2n) is 4.51. The van der Waals surface area contributed by atoms with E-state index in [1.165, 1.54) is 11.3 Å². The molecule has 2 aromatic rings. The van der Waals surface area contributed by atoms with Crippen molar-refractivity contribution >= 4 is 17.2 Å². The van der Waals surface area contributed by atoms with Crippen LogP contribution in [0.15, 0.2) is 47.8 Å². The Morgan fingerprint density at radius 3 is 2.63 bits per heavy atom. The van der Waals surface area contributed by atoms with E-state index in [2.05, 4.69) is 5.32 Å². The van der Waals surface area contributed by atoms with Crippen LogP contribution in [0.4, 0.5) is 0 Å². The Hall–Kier alpha value is -1.65. The molecule has 19 heavy (non-hydrogen) atoms. The summed E-state index contributed by atoms with van der Waals surface area (Å²) in [5.41, 5.74) is 0.875. The standard InChI is InChI=1S/C15H17NO2S/c1-11(16-15(18)14-8-5-9-19-14)10-13(17)12-6-3-2-4-7-12/h2-9,11,13,17H,10H2,1H3,(H,16,18). The maximum absolute atomic E-state index is 11.9. The van der Waals surface area contributed by atoms with Gasteiger partial charge in [0, 0.05) is 6.04 Å². The molecule has 0 bridgehead atoms. The van der Waals surface area contributed by atoms with Gasteiger partial charge in [0.05, 0.1) is 11.0 Å². The Balaban J connectivity index is 1.88. The van der Waals surface area contributed by atoms with Gasteiger partial charge in [-0.1, -0.05) is 36.4 Å². The molecule has 0 fully saturated rings. The van der Waals surface area contributed by atoms with Crippen molar-refractivity contribution < 1.29 is 9.90 Å². The number of aliphatic hydroxyl groups is 1. The first-order chi connectivity index (χ1) is 9.16. The minimum absolute atomic E-state index is 0.0789. The van der Waals surface area contributed by atoms with Crippen LogP contribution in [0.2, 0.25) is 0 Å². The summed E-state index contributed by atoms with van der Waals surface area (Å²) in [6.07, 6.45) is -0.0546. The van der Waals surface area contributed by atoms with Gasteiger partial charge in [-0.2, -0.15) is 0 Å². The molecule has 2 N–H and O–H groups in total. The van der Waals surface area contributed by atoms with E-state index in [9.17, 15) is 9.90 Å². The molecule has 1 aromatic heterocycles. The van der Waals surface area contributed by atoms with E-state index in [0.717, 1.165) is 5.56 Å². The minimum Gasteiger partial charge on any atom is -0.388 e. The fraction of sp³-hybridized carbons (Fsp3) is 0.267. The van der Waals surface area contributed by atoms with E-state index in [0.29, 0.717) is 11.3 Å². The van der Waals surface area contributed by atoms with Gasteiger partial charge < -0.3 is 10.4 Å². The number of hydrogen-bond acceptors (Lipinski definition) is 3. The molecular weight excluding hydrogens is 258 g/mol. The molecule has 0 aliphatic carbocycles. The van der Waals surface area contributed by atoms with Crippen LogP contribution < -0.4 is 5.32 Å². The topological polar surface area (TPSA) is 49.3 Å². The maximum atomic E-state index is 11.9. The molecule has 0 spiro atoms. The molecule has 2 rings (SSSR count). The summed E-state index contributed by atoms with van der Waals surface area (Å²) in [5.74, 6) is -0.0808. The lowest BCUT2D eigenvalue weighted by Crippen LogP contribution is -2.33. The Morgan fingerprint density at radius 1 is 1.26 bits per heavy atom. The third-order valence-corrected chi connectivity index (χ3v) is 3.75. The van der Waals surface area contributed by atoms with E-state index >= 15 is 0 Å².